The summed E-state index contributed by atoms with van der Waals surface area (Å²) in [5.41, 5.74) is 1.24. The van der Waals surface area contributed by atoms with Gasteiger partial charge in [-0.2, -0.15) is 5.10 Å². The van der Waals surface area contributed by atoms with Crippen molar-refractivity contribution in [3.8, 4) is 17.2 Å². The number of hydrogen-bond acceptors (Lipinski definition) is 6. The maximum absolute atomic E-state index is 12.9. The Bertz CT molecular complexity index is 1200. The van der Waals surface area contributed by atoms with Crippen LogP contribution in [0.4, 0.5) is 11.5 Å². The molecule has 2 aromatic carbocycles. The quantitative estimate of drug-likeness (QED) is 0.433. The third-order valence-electron chi connectivity index (χ3n) is 5.81. The van der Waals surface area contributed by atoms with Crippen LogP contribution in [0.15, 0.2) is 54.7 Å². The molecule has 0 atom stereocenters. The lowest BCUT2D eigenvalue weighted by atomic mass is 10.2. The van der Waals surface area contributed by atoms with Gasteiger partial charge in [0, 0.05) is 56.6 Å². The Morgan fingerprint density at radius 3 is 2.39 bits per heavy atom. The number of hydrogen-bond donors (Lipinski definition) is 1. The molecule has 1 aliphatic carbocycles. The van der Waals surface area contributed by atoms with E-state index in [1.807, 2.05) is 43.3 Å². The zero-order chi connectivity index (χ0) is 25.7. The van der Waals surface area contributed by atoms with Crippen LogP contribution in [0.5, 0.6) is 17.2 Å². The number of aryl methyl sites for hydroxylation is 1. The van der Waals surface area contributed by atoms with Gasteiger partial charge in [-0.15, -0.1) is 0 Å². The molecule has 1 heterocycles. The second-order valence-electron chi connectivity index (χ2n) is 9.34. The van der Waals surface area contributed by atoms with E-state index in [1.54, 1.807) is 54.0 Å². The number of likely N-dealkylation sites (N-methyl/N-ethyl adjacent to an activating group) is 1. The van der Waals surface area contributed by atoms with Gasteiger partial charge in [0.1, 0.15) is 23.9 Å². The topological polar surface area (TPSA) is 88.9 Å². The molecule has 0 saturated heterocycles. The summed E-state index contributed by atoms with van der Waals surface area (Å²) in [6.45, 7) is 3.53. The first-order valence-corrected chi connectivity index (χ1v) is 12.1. The number of nitrogens with one attached hydrogen (secondary N) is 1. The van der Waals surface area contributed by atoms with Crippen molar-refractivity contribution < 1.29 is 19.1 Å². The van der Waals surface area contributed by atoms with Crippen LogP contribution >= 0.6 is 0 Å². The molecule has 1 aromatic heterocycles. The monoisotopic (exact) mass is 491 g/mol. The molecular formula is C27H33N5O4. The maximum atomic E-state index is 12.9. The average molecular weight is 492 g/mol. The predicted molar refractivity (Wildman–Crippen MR) is 139 cm³/mol. The zero-order valence-corrected chi connectivity index (χ0v) is 21.2. The molecule has 1 fully saturated rings. The lowest BCUT2D eigenvalue weighted by Crippen LogP contribution is -2.30. The third-order valence-corrected chi connectivity index (χ3v) is 5.81. The smallest absolute Gasteiger partial charge is 0.257 e. The van der Waals surface area contributed by atoms with Gasteiger partial charge in [0.05, 0.1) is 0 Å². The lowest BCUT2D eigenvalue weighted by Gasteiger charge is -2.21. The van der Waals surface area contributed by atoms with E-state index >= 15 is 0 Å². The van der Waals surface area contributed by atoms with Crippen molar-refractivity contribution in [1.82, 2.24) is 14.7 Å². The Labute approximate surface area is 211 Å². The standard InChI is InChI=1S/C27H33N5O4/c1-19(33)32(18-20-5-6-20)22-7-9-23(10-8-22)36-25-16-21(15-24(17-25)35-14-13-30(2)3)27(34)28-26-11-12-31(4)29-26/h7-12,15-17,20H,5-6,13-14,18H2,1-4H3,(H,28,29,34). The summed E-state index contributed by atoms with van der Waals surface area (Å²) in [6, 6.07) is 14.2. The van der Waals surface area contributed by atoms with Crippen LogP contribution in [0.2, 0.25) is 0 Å². The number of nitrogens with zero attached hydrogens (tertiary/aromatic N) is 4. The van der Waals surface area contributed by atoms with Crippen LogP contribution in [0.3, 0.4) is 0 Å². The van der Waals surface area contributed by atoms with Gasteiger partial charge in [0.2, 0.25) is 5.91 Å². The molecule has 1 aliphatic rings. The summed E-state index contributed by atoms with van der Waals surface area (Å²) < 4.78 is 13.6. The Morgan fingerprint density at radius 2 is 1.78 bits per heavy atom. The summed E-state index contributed by atoms with van der Waals surface area (Å²) in [6.07, 6.45) is 4.11. The van der Waals surface area contributed by atoms with E-state index in [2.05, 4.69) is 10.4 Å². The van der Waals surface area contributed by atoms with Gasteiger partial charge in [0.15, 0.2) is 5.82 Å². The fourth-order valence-corrected chi connectivity index (χ4v) is 3.67. The molecule has 4 rings (SSSR count). The minimum atomic E-state index is -0.316. The van der Waals surface area contributed by atoms with E-state index in [0.717, 1.165) is 18.8 Å². The minimum Gasteiger partial charge on any atom is -0.492 e. The van der Waals surface area contributed by atoms with Crippen LogP contribution in [-0.2, 0) is 11.8 Å². The largest absolute Gasteiger partial charge is 0.492 e. The van der Waals surface area contributed by atoms with Gasteiger partial charge in [-0.1, -0.05) is 0 Å². The first-order chi connectivity index (χ1) is 17.3. The number of benzene rings is 2. The Hall–Kier alpha value is -3.85. The normalized spacial score (nSPS) is 12.9. The SMILES string of the molecule is CC(=O)N(CC1CC1)c1ccc(Oc2cc(OCCN(C)C)cc(C(=O)Nc3ccn(C)n3)c2)cc1. The highest BCUT2D eigenvalue weighted by atomic mass is 16.5. The van der Waals surface area contributed by atoms with Gasteiger partial charge in [-0.25, -0.2) is 0 Å². The van der Waals surface area contributed by atoms with Crippen molar-refractivity contribution in [3.05, 3.63) is 60.3 Å². The van der Waals surface area contributed by atoms with Crippen LogP contribution in [-0.4, -0.2) is 60.3 Å². The Kier molecular flexibility index (Phi) is 7.90. The van der Waals surface area contributed by atoms with E-state index in [-0.39, 0.29) is 11.8 Å². The van der Waals surface area contributed by atoms with Gasteiger partial charge in [-0.3, -0.25) is 14.3 Å². The molecule has 0 aliphatic heterocycles. The zero-order valence-electron chi connectivity index (χ0n) is 21.2. The number of anilines is 2. The molecule has 36 heavy (non-hydrogen) atoms. The number of aromatic nitrogens is 2. The molecule has 0 spiro atoms. The summed E-state index contributed by atoms with van der Waals surface area (Å²) >= 11 is 0. The van der Waals surface area contributed by atoms with Crippen molar-refractivity contribution in [2.24, 2.45) is 13.0 Å². The molecule has 0 bridgehead atoms. The minimum absolute atomic E-state index is 0.0294. The fourth-order valence-electron chi connectivity index (χ4n) is 3.67. The number of amides is 2. The second-order valence-corrected chi connectivity index (χ2v) is 9.34. The van der Waals surface area contributed by atoms with E-state index in [1.165, 1.54) is 12.8 Å². The predicted octanol–water partition coefficient (Wildman–Crippen LogP) is 4.17. The Balaban J connectivity index is 1.52. The van der Waals surface area contributed by atoms with E-state index in [9.17, 15) is 9.59 Å². The molecule has 1 saturated carbocycles. The molecular weight excluding hydrogens is 458 g/mol. The first-order valence-electron chi connectivity index (χ1n) is 12.1. The van der Waals surface area contributed by atoms with Gasteiger partial charge >= 0.3 is 0 Å². The molecule has 190 valence electrons. The van der Waals surface area contributed by atoms with E-state index in [0.29, 0.717) is 41.2 Å². The highest BCUT2D eigenvalue weighted by molar-refractivity contribution is 6.04. The molecule has 0 unspecified atom stereocenters. The highest BCUT2D eigenvalue weighted by Crippen LogP contribution is 2.33. The van der Waals surface area contributed by atoms with Crippen molar-refractivity contribution in [2.45, 2.75) is 19.8 Å². The number of carbonyl (C=O) groups is 2. The first kappa shape index (κ1) is 25.2. The van der Waals surface area contributed by atoms with Gasteiger partial charge < -0.3 is 24.6 Å². The van der Waals surface area contributed by atoms with Gasteiger partial charge in [-0.05, 0) is 69.3 Å². The van der Waals surface area contributed by atoms with Crippen molar-refractivity contribution in [2.75, 3.05) is 44.0 Å². The van der Waals surface area contributed by atoms with E-state index < -0.39 is 0 Å². The Morgan fingerprint density at radius 1 is 1.06 bits per heavy atom. The van der Waals surface area contributed by atoms with Crippen LogP contribution in [0, 0.1) is 5.92 Å². The molecule has 3 aromatic rings. The van der Waals surface area contributed by atoms with Gasteiger partial charge in [0.25, 0.3) is 5.91 Å². The van der Waals surface area contributed by atoms with Crippen molar-refractivity contribution in [1.29, 1.82) is 0 Å². The molecule has 9 heteroatoms. The summed E-state index contributed by atoms with van der Waals surface area (Å²) in [5.74, 6) is 2.36. The fraction of sp³-hybridized carbons (Fsp3) is 0.370. The lowest BCUT2D eigenvalue weighted by molar-refractivity contribution is -0.116. The third kappa shape index (κ3) is 7.08. The molecule has 0 radical (unpaired) electrons. The number of ether oxygens (including phenoxy) is 2. The molecule has 9 nitrogen and oxygen atoms in total. The number of carbonyl (C=O) groups excluding carboxylic acids is 2. The summed E-state index contributed by atoms with van der Waals surface area (Å²) in [7, 11) is 5.72. The van der Waals surface area contributed by atoms with Crippen LogP contribution in [0.1, 0.15) is 30.1 Å². The summed E-state index contributed by atoms with van der Waals surface area (Å²) in [4.78, 5) is 28.9. The number of rotatable bonds is 11. The summed E-state index contributed by atoms with van der Waals surface area (Å²) in [5, 5.41) is 7.00. The van der Waals surface area contributed by atoms with Crippen molar-refractivity contribution >= 4 is 23.3 Å². The molecule has 2 amide bonds. The average Bonchev–Trinajstić information content (AvgIpc) is 3.57. The molecule has 1 N–H and O–H groups in total. The second kappa shape index (κ2) is 11.3. The van der Waals surface area contributed by atoms with E-state index in [4.69, 9.17) is 9.47 Å². The van der Waals surface area contributed by atoms with Crippen molar-refractivity contribution in [3.63, 3.8) is 0 Å². The highest BCUT2D eigenvalue weighted by Gasteiger charge is 2.26. The van der Waals surface area contributed by atoms with Crippen LogP contribution < -0.4 is 19.7 Å². The van der Waals surface area contributed by atoms with Crippen LogP contribution in [0.25, 0.3) is 0 Å². The maximum Gasteiger partial charge on any atom is 0.257 e.